The molecule has 0 bridgehead atoms. The summed E-state index contributed by atoms with van der Waals surface area (Å²) in [6.07, 6.45) is 0.947. The van der Waals surface area contributed by atoms with Crippen molar-refractivity contribution in [2.24, 2.45) is 5.41 Å². The summed E-state index contributed by atoms with van der Waals surface area (Å²) in [5, 5.41) is 9.35. The van der Waals surface area contributed by atoms with Crippen molar-refractivity contribution in [2.75, 3.05) is 12.3 Å². The second-order valence-corrected chi connectivity index (χ2v) is 4.85. The maximum absolute atomic E-state index is 9.35. The molecule has 0 heterocycles. The molecular formula is C12H19NO2. The summed E-state index contributed by atoms with van der Waals surface area (Å²) in [7, 11) is 0. The van der Waals surface area contributed by atoms with Crippen molar-refractivity contribution in [1.82, 2.24) is 0 Å². The zero-order chi connectivity index (χ0) is 11.5. The van der Waals surface area contributed by atoms with Crippen molar-refractivity contribution in [1.29, 1.82) is 0 Å². The summed E-state index contributed by atoms with van der Waals surface area (Å²) in [6, 6.07) is 5.03. The van der Waals surface area contributed by atoms with Crippen LogP contribution in [0.5, 0.6) is 11.5 Å². The summed E-state index contributed by atoms with van der Waals surface area (Å²) < 4.78 is 5.51. The fraction of sp³-hybridized carbons (Fsp3) is 0.500. The molecule has 0 aliphatic heterocycles. The number of hydrogen-bond donors (Lipinski definition) is 2. The van der Waals surface area contributed by atoms with Gasteiger partial charge < -0.3 is 15.6 Å². The largest absolute Gasteiger partial charge is 0.506 e. The van der Waals surface area contributed by atoms with E-state index in [1.807, 2.05) is 0 Å². The molecule has 0 unspecified atom stereocenters. The van der Waals surface area contributed by atoms with Crippen molar-refractivity contribution < 1.29 is 9.84 Å². The van der Waals surface area contributed by atoms with Gasteiger partial charge in [0.25, 0.3) is 0 Å². The summed E-state index contributed by atoms with van der Waals surface area (Å²) in [5.74, 6) is 0.627. The molecular weight excluding hydrogens is 190 g/mol. The molecule has 0 aliphatic carbocycles. The summed E-state index contributed by atoms with van der Waals surface area (Å²) in [6.45, 7) is 7.07. The summed E-state index contributed by atoms with van der Waals surface area (Å²) in [4.78, 5) is 0. The Morgan fingerprint density at radius 3 is 2.60 bits per heavy atom. The fourth-order valence-electron chi connectivity index (χ4n) is 1.13. The molecule has 3 N–H and O–H groups in total. The molecule has 0 amide bonds. The van der Waals surface area contributed by atoms with Gasteiger partial charge in [-0.2, -0.15) is 0 Å². The number of ether oxygens (including phenoxy) is 1. The first-order valence-electron chi connectivity index (χ1n) is 5.10. The molecule has 0 fully saturated rings. The zero-order valence-electron chi connectivity index (χ0n) is 9.58. The van der Waals surface area contributed by atoms with E-state index in [9.17, 15) is 5.11 Å². The van der Waals surface area contributed by atoms with Crippen LogP contribution < -0.4 is 10.5 Å². The van der Waals surface area contributed by atoms with Crippen LogP contribution in [0, 0.1) is 5.41 Å². The van der Waals surface area contributed by atoms with Gasteiger partial charge in [-0.25, -0.2) is 0 Å². The fourth-order valence-corrected chi connectivity index (χ4v) is 1.13. The van der Waals surface area contributed by atoms with Crippen molar-refractivity contribution in [3.05, 3.63) is 18.2 Å². The predicted molar refractivity (Wildman–Crippen MR) is 62.1 cm³/mol. The van der Waals surface area contributed by atoms with Crippen molar-refractivity contribution in [2.45, 2.75) is 27.2 Å². The monoisotopic (exact) mass is 209 g/mol. The molecule has 0 saturated carbocycles. The first-order chi connectivity index (χ1) is 6.90. The quantitative estimate of drug-likeness (QED) is 0.594. The lowest BCUT2D eigenvalue weighted by Gasteiger charge is -2.18. The van der Waals surface area contributed by atoms with Crippen LogP contribution in [-0.4, -0.2) is 11.7 Å². The summed E-state index contributed by atoms with van der Waals surface area (Å²) in [5.41, 5.74) is 6.21. The molecule has 1 rings (SSSR count). The minimum absolute atomic E-state index is 0.0725. The lowest BCUT2D eigenvalue weighted by molar-refractivity contribution is 0.243. The Morgan fingerprint density at radius 2 is 2.00 bits per heavy atom. The normalized spacial score (nSPS) is 11.4. The Kier molecular flexibility index (Phi) is 3.45. The molecule has 0 aromatic heterocycles. The maximum Gasteiger partial charge on any atom is 0.145 e. The Bertz CT molecular complexity index is 329. The highest BCUT2D eigenvalue weighted by Crippen LogP contribution is 2.30. The number of benzene rings is 1. The average Bonchev–Trinajstić information content (AvgIpc) is 2.10. The molecule has 84 valence electrons. The molecule has 3 nitrogen and oxygen atoms in total. The Balaban J connectivity index is 2.55. The van der Waals surface area contributed by atoms with Gasteiger partial charge in [0.2, 0.25) is 0 Å². The van der Waals surface area contributed by atoms with E-state index < -0.39 is 0 Å². The van der Waals surface area contributed by atoms with Gasteiger partial charge >= 0.3 is 0 Å². The lowest BCUT2D eigenvalue weighted by Crippen LogP contribution is -2.11. The first kappa shape index (κ1) is 11.7. The molecule has 0 saturated heterocycles. The number of aromatic hydroxyl groups is 1. The smallest absolute Gasteiger partial charge is 0.145 e. The third kappa shape index (κ3) is 3.70. The topological polar surface area (TPSA) is 55.5 Å². The van der Waals surface area contributed by atoms with Gasteiger partial charge in [0.1, 0.15) is 17.2 Å². The predicted octanol–water partition coefficient (Wildman–Crippen LogP) is 2.79. The number of anilines is 1. The van der Waals surface area contributed by atoms with Crippen LogP contribution in [0.15, 0.2) is 18.2 Å². The first-order valence-corrected chi connectivity index (χ1v) is 5.10. The molecule has 3 heteroatoms. The molecule has 0 aliphatic rings. The van der Waals surface area contributed by atoms with Gasteiger partial charge in [0.15, 0.2) is 0 Å². The van der Waals surface area contributed by atoms with E-state index >= 15 is 0 Å². The van der Waals surface area contributed by atoms with Crippen LogP contribution in [0.2, 0.25) is 0 Å². The molecule has 0 atom stereocenters. The zero-order valence-corrected chi connectivity index (χ0v) is 9.58. The number of phenolic OH excluding ortho intramolecular Hbond substituents is 1. The number of phenols is 1. The minimum Gasteiger partial charge on any atom is -0.506 e. The van der Waals surface area contributed by atoms with Crippen LogP contribution in [0.4, 0.5) is 5.69 Å². The van der Waals surface area contributed by atoms with Crippen molar-refractivity contribution in [3.8, 4) is 11.5 Å². The van der Waals surface area contributed by atoms with E-state index in [0.717, 1.165) is 6.42 Å². The van der Waals surface area contributed by atoms with Gasteiger partial charge in [-0.15, -0.1) is 0 Å². The van der Waals surface area contributed by atoms with E-state index in [1.54, 1.807) is 18.2 Å². The molecule has 1 aromatic rings. The van der Waals surface area contributed by atoms with Crippen LogP contribution in [0.3, 0.4) is 0 Å². The standard InChI is InChI=1S/C12H19NO2/c1-12(2,3)7-8-15-10-6-4-5-9(14)11(10)13/h4-6,14H,7-8,13H2,1-3H3. The van der Waals surface area contributed by atoms with E-state index in [4.69, 9.17) is 10.5 Å². The Labute approximate surface area is 90.9 Å². The van der Waals surface area contributed by atoms with Crippen molar-refractivity contribution in [3.63, 3.8) is 0 Å². The molecule has 0 radical (unpaired) electrons. The van der Waals surface area contributed by atoms with Gasteiger partial charge in [0, 0.05) is 0 Å². The molecule has 0 spiro atoms. The third-order valence-corrected chi connectivity index (χ3v) is 2.15. The van der Waals surface area contributed by atoms with Crippen LogP contribution >= 0.6 is 0 Å². The highest BCUT2D eigenvalue weighted by molar-refractivity contribution is 5.61. The molecule has 1 aromatic carbocycles. The third-order valence-electron chi connectivity index (χ3n) is 2.15. The van der Waals surface area contributed by atoms with Crippen LogP contribution in [-0.2, 0) is 0 Å². The number of para-hydroxylation sites is 1. The van der Waals surface area contributed by atoms with Gasteiger partial charge in [-0.1, -0.05) is 26.8 Å². The van der Waals surface area contributed by atoms with Crippen LogP contribution in [0.1, 0.15) is 27.2 Å². The van der Waals surface area contributed by atoms with Gasteiger partial charge in [-0.3, -0.25) is 0 Å². The van der Waals surface area contributed by atoms with E-state index in [-0.39, 0.29) is 11.2 Å². The van der Waals surface area contributed by atoms with E-state index in [1.165, 1.54) is 0 Å². The Hall–Kier alpha value is -1.38. The number of rotatable bonds is 3. The number of hydrogen-bond acceptors (Lipinski definition) is 3. The number of nitrogen functional groups attached to an aromatic ring is 1. The highest BCUT2D eigenvalue weighted by atomic mass is 16.5. The Morgan fingerprint density at radius 1 is 1.33 bits per heavy atom. The summed E-state index contributed by atoms with van der Waals surface area (Å²) >= 11 is 0. The van der Waals surface area contributed by atoms with Gasteiger partial charge in [0.05, 0.1) is 6.61 Å². The lowest BCUT2D eigenvalue weighted by atomic mass is 9.93. The van der Waals surface area contributed by atoms with E-state index in [2.05, 4.69) is 20.8 Å². The van der Waals surface area contributed by atoms with Crippen LogP contribution in [0.25, 0.3) is 0 Å². The number of nitrogens with two attached hydrogens (primary N) is 1. The SMILES string of the molecule is CC(C)(C)CCOc1cccc(O)c1N. The minimum atomic E-state index is 0.0725. The average molecular weight is 209 g/mol. The molecule has 15 heavy (non-hydrogen) atoms. The van der Waals surface area contributed by atoms with E-state index in [0.29, 0.717) is 18.0 Å². The maximum atomic E-state index is 9.35. The van der Waals surface area contributed by atoms with Gasteiger partial charge in [-0.05, 0) is 24.0 Å². The second kappa shape index (κ2) is 4.43. The van der Waals surface area contributed by atoms with Crippen molar-refractivity contribution >= 4 is 5.69 Å². The highest BCUT2D eigenvalue weighted by Gasteiger charge is 2.11. The second-order valence-electron chi connectivity index (χ2n) is 4.85.